The van der Waals surface area contributed by atoms with E-state index in [0.29, 0.717) is 0 Å². The molecule has 0 saturated carbocycles. The van der Waals surface area contributed by atoms with Crippen molar-refractivity contribution in [3.63, 3.8) is 0 Å². The van der Waals surface area contributed by atoms with Gasteiger partial charge in [0.2, 0.25) is 0 Å². The predicted molar refractivity (Wildman–Crippen MR) is 210 cm³/mol. The van der Waals surface area contributed by atoms with Crippen LogP contribution >= 0.6 is 0 Å². The molecule has 0 aliphatic carbocycles. The van der Waals surface area contributed by atoms with Crippen LogP contribution in [0.25, 0.3) is 61.1 Å². The fourth-order valence-electron chi connectivity index (χ4n) is 6.93. The SMILES string of the molecule is c1ccc(N(c2ccccc2)c2ccc(-c3ccc(-c4ccc(-c5nc6ccc7ccccc7c6n5-c5ccccc5)cc4)cc3)cc2)cc1. The van der Waals surface area contributed by atoms with Crippen LogP contribution in [0.15, 0.2) is 200 Å². The van der Waals surface area contributed by atoms with E-state index in [1.165, 1.54) is 33.0 Å². The average Bonchev–Trinajstić information content (AvgIpc) is 3.60. The van der Waals surface area contributed by atoms with Crippen molar-refractivity contribution < 1.29 is 0 Å². The summed E-state index contributed by atoms with van der Waals surface area (Å²) in [5, 5.41) is 2.41. The van der Waals surface area contributed by atoms with E-state index in [1.807, 2.05) is 0 Å². The first-order chi connectivity index (χ1) is 24.8. The van der Waals surface area contributed by atoms with Gasteiger partial charge in [0, 0.05) is 33.7 Å². The number of aromatic nitrogens is 2. The Morgan fingerprint density at radius 3 is 1.36 bits per heavy atom. The van der Waals surface area contributed by atoms with Crippen LogP contribution in [0.1, 0.15) is 0 Å². The molecule has 0 aliphatic heterocycles. The molecule has 0 spiro atoms. The van der Waals surface area contributed by atoms with Crippen LogP contribution in [0.5, 0.6) is 0 Å². The summed E-state index contributed by atoms with van der Waals surface area (Å²) in [6.07, 6.45) is 0. The minimum atomic E-state index is 0.936. The van der Waals surface area contributed by atoms with Gasteiger partial charge >= 0.3 is 0 Å². The summed E-state index contributed by atoms with van der Waals surface area (Å²) in [6, 6.07) is 70.8. The molecule has 9 rings (SSSR count). The van der Waals surface area contributed by atoms with Gasteiger partial charge in [-0.25, -0.2) is 4.98 Å². The van der Waals surface area contributed by atoms with Gasteiger partial charge in [-0.2, -0.15) is 0 Å². The number of nitrogens with zero attached hydrogens (tertiary/aromatic N) is 3. The molecule has 0 aliphatic rings. The molecule has 0 bridgehead atoms. The largest absolute Gasteiger partial charge is 0.311 e. The van der Waals surface area contributed by atoms with E-state index < -0.39 is 0 Å². The Bertz CT molecular complexity index is 2500. The summed E-state index contributed by atoms with van der Waals surface area (Å²) in [5.41, 5.74) is 12.4. The number of imidazole rings is 1. The number of hydrogen-bond donors (Lipinski definition) is 0. The molecule has 1 aromatic heterocycles. The van der Waals surface area contributed by atoms with Gasteiger partial charge in [-0.1, -0.05) is 146 Å². The molecule has 3 nitrogen and oxygen atoms in total. The highest BCUT2D eigenvalue weighted by molar-refractivity contribution is 6.06. The molecule has 0 atom stereocenters. The smallest absolute Gasteiger partial charge is 0.145 e. The quantitative estimate of drug-likeness (QED) is 0.173. The lowest BCUT2D eigenvalue weighted by Crippen LogP contribution is -2.09. The molecule has 0 amide bonds. The molecule has 50 heavy (non-hydrogen) atoms. The van der Waals surface area contributed by atoms with E-state index in [-0.39, 0.29) is 0 Å². The summed E-state index contributed by atoms with van der Waals surface area (Å²) in [7, 11) is 0. The third-order valence-electron chi connectivity index (χ3n) is 9.40. The average molecular weight is 640 g/mol. The lowest BCUT2D eigenvalue weighted by molar-refractivity contribution is 1.11. The standard InChI is InChI=1S/C47H33N3/c1-4-13-40(14-5-1)49(41-15-6-2-7-16-41)43-31-28-37(29-32-43)35-22-20-34(21-23-35)36-24-26-39(27-25-36)47-48-45-33-30-38-12-10-11-19-44(38)46(45)50(47)42-17-8-3-9-18-42/h1-33H. The zero-order valence-corrected chi connectivity index (χ0v) is 27.4. The van der Waals surface area contributed by atoms with Crippen molar-refractivity contribution in [2.45, 2.75) is 0 Å². The fourth-order valence-corrected chi connectivity index (χ4v) is 6.93. The summed E-state index contributed by atoms with van der Waals surface area (Å²) >= 11 is 0. The van der Waals surface area contributed by atoms with E-state index in [2.05, 4.69) is 210 Å². The molecular weight excluding hydrogens is 607 g/mol. The first kappa shape index (κ1) is 29.4. The van der Waals surface area contributed by atoms with Gasteiger partial charge in [-0.05, 0) is 82.2 Å². The fraction of sp³-hybridized carbons (Fsp3) is 0. The molecule has 0 fully saturated rings. The monoisotopic (exact) mass is 639 g/mol. The van der Waals surface area contributed by atoms with E-state index >= 15 is 0 Å². The molecule has 236 valence electrons. The number of hydrogen-bond acceptors (Lipinski definition) is 2. The maximum Gasteiger partial charge on any atom is 0.145 e. The molecule has 3 heteroatoms. The first-order valence-electron chi connectivity index (χ1n) is 17.0. The van der Waals surface area contributed by atoms with Crippen LogP contribution in [-0.2, 0) is 0 Å². The third kappa shape index (κ3) is 5.41. The molecule has 0 radical (unpaired) electrons. The van der Waals surface area contributed by atoms with E-state index in [4.69, 9.17) is 4.98 Å². The first-order valence-corrected chi connectivity index (χ1v) is 17.0. The molecule has 9 aromatic rings. The van der Waals surface area contributed by atoms with Crippen molar-refractivity contribution >= 4 is 38.9 Å². The van der Waals surface area contributed by atoms with Gasteiger partial charge in [-0.15, -0.1) is 0 Å². The second kappa shape index (κ2) is 12.7. The van der Waals surface area contributed by atoms with Crippen molar-refractivity contribution in [2.75, 3.05) is 4.90 Å². The summed E-state index contributed by atoms with van der Waals surface area (Å²) in [4.78, 5) is 7.45. The third-order valence-corrected chi connectivity index (χ3v) is 9.40. The van der Waals surface area contributed by atoms with Crippen LogP contribution < -0.4 is 4.90 Å². The highest BCUT2D eigenvalue weighted by atomic mass is 15.1. The predicted octanol–water partition coefficient (Wildman–Crippen LogP) is 12.6. The lowest BCUT2D eigenvalue weighted by atomic mass is 9.99. The lowest BCUT2D eigenvalue weighted by Gasteiger charge is -2.25. The van der Waals surface area contributed by atoms with E-state index in [0.717, 1.165) is 45.2 Å². The zero-order valence-electron chi connectivity index (χ0n) is 27.4. The zero-order chi connectivity index (χ0) is 33.3. The Morgan fingerprint density at radius 2 is 0.800 bits per heavy atom. The number of rotatable bonds is 7. The van der Waals surface area contributed by atoms with Crippen LogP contribution in [0.2, 0.25) is 0 Å². The maximum absolute atomic E-state index is 5.17. The summed E-state index contributed by atoms with van der Waals surface area (Å²) < 4.78 is 2.30. The Labute approximate surface area is 292 Å². The number of benzene rings is 8. The Kier molecular flexibility index (Phi) is 7.49. The second-order valence-electron chi connectivity index (χ2n) is 12.5. The second-order valence-corrected chi connectivity index (χ2v) is 12.5. The number of anilines is 3. The number of fused-ring (bicyclic) bond motifs is 3. The summed E-state index contributed by atoms with van der Waals surface area (Å²) in [5.74, 6) is 0.936. The molecule has 1 heterocycles. The minimum absolute atomic E-state index is 0.936. The molecule has 0 saturated heterocycles. The van der Waals surface area contributed by atoms with E-state index in [1.54, 1.807) is 0 Å². The maximum atomic E-state index is 5.17. The Hall–Kier alpha value is -6.71. The topological polar surface area (TPSA) is 21.1 Å². The van der Waals surface area contributed by atoms with Crippen molar-refractivity contribution in [2.24, 2.45) is 0 Å². The van der Waals surface area contributed by atoms with Gasteiger partial charge in [-0.3, -0.25) is 4.57 Å². The van der Waals surface area contributed by atoms with Crippen LogP contribution in [0.4, 0.5) is 17.1 Å². The summed E-state index contributed by atoms with van der Waals surface area (Å²) in [6.45, 7) is 0. The van der Waals surface area contributed by atoms with Crippen LogP contribution in [0.3, 0.4) is 0 Å². The van der Waals surface area contributed by atoms with Crippen LogP contribution in [-0.4, -0.2) is 9.55 Å². The Morgan fingerprint density at radius 1 is 0.360 bits per heavy atom. The number of para-hydroxylation sites is 3. The highest BCUT2D eigenvalue weighted by Crippen LogP contribution is 2.37. The molecule has 0 N–H and O–H groups in total. The van der Waals surface area contributed by atoms with Crippen molar-refractivity contribution in [3.8, 4) is 39.3 Å². The van der Waals surface area contributed by atoms with Gasteiger partial charge in [0.05, 0.1) is 11.0 Å². The highest BCUT2D eigenvalue weighted by Gasteiger charge is 2.17. The van der Waals surface area contributed by atoms with Crippen molar-refractivity contribution in [1.29, 1.82) is 0 Å². The Balaban J connectivity index is 1.01. The van der Waals surface area contributed by atoms with Gasteiger partial charge < -0.3 is 4.90 Å². The van der Waals surface area contributed by atoms with Gasteiger partial charge in [0.1, 0.15) is 5.82 Å². The van der Waals surface area contributed by atoms with Crippen LogP contribution in [0, 0.1) is 0 Å². The molecule has 8 aromatic carbocycles. The normalized spacial score (nSPS) is 11.2. The van der Waals surface area contributed by atoms with Gasteiger partial charge in [0.15, 0.2) is 0 Å². The van der Waals surface area contributed by atoms with Crippen molar-refractivity contribution in [1.82, 2.24) is 9.55 Å². The van der Waals surface area contributed by atoms with E-state index in [9.17, 15) is 0 Å². The molecular formula is C47H33N3. The van der Waals surface area contributed by atoms with Crippen molar-refractivity contribution in [3.05, 3.63) is 200 Å². The molecule has 0 unspecified atom stereocenters. The van der Waals surface area contributed by atoms with Gasteiger partial charge in [0.25, 0.3) is 0 Å². The minimum Gasteiger partial charge on any atom is -0.311 e.